The Kier molecular flexibility index (Phi) is 2.77. The third kappa shape index (κ3) is 1.64. The molecule has 27 heavy (non-hydrogen) atoms. The van der Waals surface area contributed by atoms with Gasteiger partial charge in [-0.25, -0.2) is 0 Å². The summed E-state index contributed by atoms with van der Waals surface area (Å²) in [5.74, 6) is 0. The van der Waals surface area contributed by atoms with Crippen molar-refractivity contribution < 1.29 is 0 Å². The van der Waals surface area contributed by atoms with Crippen LogP contribution in [0.2, 0.25) is 0 Å². The topological polar surface area (TPSA) is 0 Å². The maximum Gasteiger partial charge on any atom is 0.0728 e. The van der Waals surface area contributed by atoms with Crippen LogP contribution < -0.4 is 0 Å². The molecule has 0 heteroatoms. The number of hydrogen-bond acceptors (Lipinski definition) is 0. The van der Waals surface area contributed by atoms with Crippen LogP contribution in [-0.4, -0.2) is 0 Å². The zero-order chi connectivity index (χ0) is 18.2. The second-order valence-corrected chi connectivity index (χ2v) is 7.89. The van der Waals surface area contributed by atoms with Gasteiger partial charge in [-0.3, -0.25) is 0 Å². The highest BCUT2D eigenvalue weighted by atomic mass is 14.5. The summed E-state index contributed by atoms with van der Waals surface area (Å²) in [5.41, 5.74) is 13.7. The van der Waals surface area contributed by atoms with E-state index in [0.29, 0.717) is 0 Å². The number of rotatable bonds is 0. The zero-order valence-electron chi connectivity index (χ0n) is 15.6. The summed E-state index contributed by atoms with van der Waals surface area (Å²) in [6.07, 6.45) is 0. The highest BCUT2D eigenvalue weighted by Crippen LogP contribution is 2.63. The van der Waals surface area contributed by atoms with Crippen molar-refractivity contribution in [3.8, 4) is 22.3 Å². The van der Waals surface area contributed by atoms with Crippen molar-refractivity contribution in [2.24, 2.45) is 0 Å². The molecule has 0 fully saturated rings. The van der Waals surface area contributed by atoms with Gasteiger partial charge in [-0.2, -0.15) is 0 Å². The fourth-order valence-corrected chi connectivity index (χ4v) is 5.52. The van der Waals surface area contributed by atoms with Crippen molar-refractivity contribution in [3.63, 3.8) is 0 Å². The molecule has 0 saturated heterocycles. The fraction of sp³-hybridized carbons (Fsp3) is 0.111. The van der Waals surface area contributed by atoms with Gasteiger partial charge < -0.3 is 0 Å². The van der Waals surface area contributed by atoms with Gasteiger partial charge in [0.2, 0.25) is 0 Å². The molecule has 0 aliphatic heterocycles. The monoisotopic (exact) mass is 344 g/mol. The van der Waals surface area contributed by atoms with E-state index in [9.17, 15) is 0 Å². The van der Waals surface area contributed by atoms with Crippen LogP contribution in [0.3, 0.4) is 0 Å². The summed E-state index contributed by atoms with van der Waals surface area (Å²) >= 11 is 0. The molecule has 1 spiro atoms. The quantitative estimate of drug-likeness (QED) is 0.289. The maximum atomic E-state index is 2.41. The molecule has 128 valence electrons. The molecular weight excluding hydrogens is 324 g/mol. The molecule has 2 aliphatic carbocycles. The number of benzene rings is 4. The van der Waals surface area contributed by atoms with Crippen LogP contribution in [0.1, 0.15) is 33.4 Å². The Labute approximate surface area is 160 Å². The van der Waals surface area contributed by atoms with Gasteiger partial charge in [0.15, 0.2) is 0 Å². The SMILES string of the molecule is Cc1ccc2c(c1)C1(c3ccccc3-2)c2ccccc2-c2cccc(C)c21. The molecule has 0 bridgehead atoms. The van der Waals surface area contributed by atoms with Crippen LogP contribution in [-0.2, 0) is 5.41 Å². The van der Waals surface area contributed by atoms with E-state index in [-0.39, 0.29) is 5.41 Å². The van der Waals surface area contributed by atoms with E-state index < -0.39 is 0 Å². The predicted molar refractivity (Wildman–Crippen MR) is 112 cm³/mol. The number of aryl methyl sites for hydroxylation is 2. The number of fused-ring (bicyclic) bond motifs is 10. The molecule has 6 rings (SSSR count). The normalized spacial score (nSPS) is 18.1. The smallest absolute Gasteiger partial charge is 0.0619 e. The van der Waals surface area contributed by atoms with Crippen molar-refractivity contribution in [1.29, 1.82) is 0 Å². The van der Waals surface area contributed by atoms with Gasteiger partial charge in [-0.1, -0.05) is 90.5 Å². The Balaban J connectivity index is 1.90. The number of hydrogen-bond donors (Lipinski definition) is 0. The summed E-state index contributed by atoms with van der Waals surface area (Å²) in [4.78, 5) is 0. The first-order valence-corrected chi connectivity index (χ1v) is 9.64. The van der Waals surface area contributed by atoms with Crippen LogP contribution in [0.5, 0.6) is 0 Å². The maximum absolute atomic E-state index is 2.41. The van der Waals surface area contributed by atoms with E-state index in [4.69, 9.17) is 0 Å². The average molecular weight is 344 g/mol. The van der Waals surface area contributed by atoms with E-state index >= 15 is 0 Å². The zero-order valence-corrected chi connectivity index (χ0v) is 15.6. The lowest BCUT2D eigenvalue weighted by atomic mass is 9.69. The van der Waals surface area contributed by atoms with Gasteiger partial charge in [0.25, 0.3) is 0 Å². The van der Waals surface area contributed by atoms with Gasteiger partial charge in [0.1, 0.15) is 0 Å². The van der Waals surface area contributed by atoms with Crippen molar-refractivity contribution in [2.75, 3.05) is 0 Å². The van der Waals surface area contributed by atoms with Crippen molar-refractivity contribution in [2.45, 2.75) is 19.3 Å². The summed E-state index contributed by atoms with van der Waals surface area (Å²) in [5, 5.41) is 0. The van der Waals surface area contributed by atoms with Gasteiger partial charge in [0, 0.05) is 0 Å². The fourth-order valence-electron chi connectivity index (χ4n) is 5.52. The molecule has 1 atom stereocenters. The summed E-state index contributed by atoms with van der Waals surface area (Å²) < 4.78 is 0. The third-order valence-electron chi connectivity index (χ3n) is 6.47. The second kappa shape index (κ2) is 4.98. The Hall–Kier alpha value is -3.12. The lowest BCUT2D eigenvalue weighted by Gasteiger charge is -2.31. The molecule has 2 aliphatic rings. The summed E-state index contributed by atoms with van der Waals surface area (Å²) in [6, 6.07) is 31.7. The summed E-state index contributed by atoms with van der Waals surface area (Å²) in [6.45, 7) is 4.47. The van der Waals surface area contributed by atoms with Gasteiger partial charge in [0.05, 0.1) is 5.41 Å². The first-order valence-electron chi connectivity index (χ1n) is 9.64. The Morgan fingerprint density at radius 2 is 1.11 bits per heavy atom. The van der Waals surface area contributed by atoms with Crippen LogP contribution in [0, 0.1) is 13.8 Å². The predicted octanol–water partition coefficient (Wildman–Crippen LogP) is 6.65. The van der Waals surface area contributed by atoms with Crippen LogP contribution >= 0.6 is 0 Å². The highest BCUT2D eigenvalue weighted by molar-refractivity contribution is 5.95. The van der Waals surface area contributed by atoms with Crippen LogP contribution in [0.15, 0.2) is 84.9 Å². The van der Waals surface area contributed by atoms with E-state index in [1.165, 1.54) is 55.6 Å². The second-order valence-electron chi connectivity index (χ2n) is 7.89. The van der Waals surface area contributed by atoms with Gasteiger partial charge in [-0.15, -0.1) is 0 Å². The van der Waals surface area contributed by atoms with Crippen LogP contribution in [0.4, 0.5) is 0 Å². The molecule has 0 aromatic heterocycles. The van der Waals surface area contributed by atoms with Crippen LogP contribution in [0.25, 0.3) is 22.3 Å². The molecule has 0 amide bonds. The third-order valence-corrected chi connectivity index (χ3v) is 6.47. The largest absolute Gasteiger partial charge is 0.0728 e. The van der Waals surface area contributed by atoms with E-state index in [1.54, 1.807) is 0 Å². The van der Waals surface area contributed by atoms with Crippen molar-refractivity contribution in [1.82, 2.24) is 0 Å². The molecule has 1 unspecified atom stereocenters. The molecule has 0 saturated carbocycles. The van der Waals surface area contributed by atoms with Crippen molar-refractivity contribution in [3.05, 3.63) is 118 Å². The lowest BCUT2D eigenvalue weighted by Crippen LogP contribution is -2.26. The molecule has 0 N–H and O–H groups in total. The first kappa shape index (κ1) is 15.0. The lowest BCUT2D eigenvalue weighted by molar-refractivity contribution is 0.785. The van der Waals surface area contributed by atoms with Gasteiger partial charge in [-0.05, 0) is 63.9 Å². The molecule has 0 nitrogen and oxygen atoms in total. The molecule has 0 radical (unpaired) electrons. The standard InChI is InChI=1S/C27H20/c1-17-14-15-21-19-9-3-5-12-23(19)27(25(21)16-17)24-13-6-4-10-20(24)22-11-7-8-18(2)26(22)27/h3-16H,1-2H3. The highest BCUT2D eigenvalue weighted by Gasteiger charge is 2.52. The van der Waals surface area contributed by atoms with E-state index in [2.05, 4.69) is 98.8 Å². The van der Waals surface area contributed by atoms with E-state index in [0.717, 1.165) is 0 Å². The minimum atomic E-state index is -0.199. The Bertz CT molecular complexity index is 1230. The molecule has 4 aromatic carbocycles. The minimum Gasteiger partial charge on any atom is -0.0619 e. The van der Waals surface area contributed by atoms with Crippen molar-refractivity contribution >= 4 is 0 Å². The molecule has 0 heterocycles. The minimum absolute atomic E-state index is 0.199. The molecule has 4 aromatic rings. The molecular formula is C27H20. The van der Waals surface area contributed by atoms with Gasteiger partial charge >= 0.3 is 0 Å². The summed E-state index contributed by atoms with van der Waals surface area (Å²) in [7, 11) is 0. The first-order chi connectivity index (χ1) is 13.2. The van der Waals surface area contributed by atoms with E-state index in [1.807, 2.05) is 0 Å². The Morgan fingerprint density at radius 1 is 0.519 bits per heavy atom. The average Bonchev–Trinajstić information content (AvgIpc) is 3.16. The Morgan fingerprint density at radius 3 is 1.85 bits per heavy atom.